The first-order valence-corrected chi connectivity index (χ1v) is 8.56. The molecule has 0 aromatic carbocycles. The lowest BCUT2D eigenvalue weighted by atomic mass is 10.2. The molecule has 120 valence electrons. The summed E-state index contributed by atoms with van der Waals surface area (Å²) < 4.78 is 5.31. The van der Waals surface area contributed by atoms with Gasteiger partial charge in [-0.1, -0.05) is 12.8 Å². The summed E-state index contributed by atoms with van der Waals surface area (Å²) in [6.45, 7) is 5.77. The van der Waals surface area contributed by atoms with Crippen LogP contribution in [0.4, 0.5) is 4.79 Å². The van der Waals surface area contributed by atoms with Crippen molar-refractivity contribution in [2.75, 3.05) is 6.54 Å². The molecular weight excluding hydrogens is 290 g/mol. The van der Waals surface area contributed by atoms with Gasteiger partial charge < -0.3 is 14.6 Å². The molecule has 1 aliphatic carbocycles. The van der Waals surface area contributed by atoms with Gasteiger partial charge in [0.2, 0.25) is 0 Å². The monoisotopic (exact) mass is 314 g/mol. The second-order valence-electron chi connectivity index (χ2n) is 6.87. The zero-order valence-corrected chi connectivity index (χ0v) is 13.8. The van der Waals surface area contributed by atoms with Crippen molar-refractivity contribution in [2.24, 2.45) is 0 Å². The van der Waals surface area contributed by atoms with Crippen LogP contribution in [0.1, 0.15) is 52.9 Å². The molecule has 5 nitrogen and oxygen atoms in total. The number of amides is 1. The van der Waals surface area contributed by atoms with Crippen LogP contribution in [0.15, 0.2) is 0 Å². The van der Waals surface area contributed by atoms with Crippen LogP contribution in [0.2, 0.25) is 0 Å². The number of carbonyl (C=O) groups is 2. The number of nitrogens with zero attached hydrogens (tertiary/aromatic N) is 1. The molecule has 0 aromatic heterocycles. The van der Waals surface area contributed by atoms with Gasteiger partial charge in [-0.3, -0.25) is 4.90 Å². The lowest BCUT2D eigenvalue weighted by molar-refractivity contribution is -0.310. The van der Waals surface area contributed by atoms with Gasteiger partial charge in [0.15, 0.2) is 0 Å². The van der Waals surface area contributed by atoms with E-state index in [0.29, 0.717) is 18.2 Å². The lowest BCUT2D eigenvalue weighted by Gasteiger charge is -2.28. The average Bonchev–Trinajstić information content (AvgIpc) is 2.96. The predicted molar refractivity (Wildman–Crippen MR) is 80.0 cm³/mol. The molecular formula is C15H24NO4S-. The Kier molecular flexibility index (Phi) is 5.07. The first-order valence-electron chi connectivity index (χ1n) is 7.62. The second-order valence-corrected chi connectivity index (χ2v) is 8.47. The molecule has 21 heavy (non-hydrogen) atoms. The number of aliphatic carboxylic acids is 1. The fourth-order valence-electron chi connectivity index (χ4n) is 2.94. The Labute approximate surface area is 130 Å². The summed E-state index contributed by atoms with van der Waals surface area (Å²) in [5, 5.41) is 12.1. The van der Waals surface area contributed by atoms with E-state index in [1.54, 1.807) is 20.8 Å². The van der Waals surface area contributed by atoms with E-state index in [4.69, 9.17) is 4.74 Å². The minimum Gasteiger partial charge on any atom is -0.548 e. The lowest BCUT2D eigenvalue weighted by Crippen LogP contribution is -2.48. The van der Waals surface area contributed by atoms with Crippen molar-refractivity contribution in [3.05, 3.63) is 0 Å². The van der Waals surface area contributed by atoms with E-state index in [1.165, 1.54) is 30.6 Å². The highest BCUT2D eigenvalue weighted by Gasteiger charge is 2.39. The quantitative estimate of drug-likeness (QED) is 0.794. The molecule has 0 bridgehead atoms. The summed E-state index contributed by atoms with van der Waals surface area (Å²) in [5.74, 6) is -1.18. The van der Waals surface area contributed by atoms with Gasteiger partial charge in [0.05, 0.1) is 12.0 Å². The van der Waals surface area contributed by atoms with Crippen LogP contribution < -0.4 is 5.11 Å². The Bertz CT molecular complexity index is 401. The summed E-state index contributed by atoms with van der Waals surface area (Å²) >= 11 is 1.83. The van der Waals surface area contributed by atoms with Crippen molar-refractivity contribution >= 4 is 23.8 Å². The van der Waals surface area contributed by atoms with Gasteiger partial charge in [0.25, 0.3) is 0 Å². The van der Waals surface area contributed by atoms with E-state index >= 15 is 0 Å². The molecule has 1 aliphatic heterocycles. The minimum atomic E-state index is -1.18. The maximum Gasteiger partial charge on any atom is 0.410 e. The number of likely N-dealkylation sites (tertiary alicyclic amines) is 1. The van der Waals surface area contributed by atoms with Crippen LogP contribution >= 0.6 is 11.8 Å². The first kappa shape index (κ1) is 16.5. The second kappa shape index (κ2) is 6.46. The van der Waals surface area contributed by atoms with Crippen LogP contribution in [0.3, 0.4) is 0 Å². The van der Waals surface area contributed by atoms with Crippen LogP contribution in [-0.2, 0) is 9.53 Å². The molecule has 1 unspecified atom stereocenters. The number of hydrogen-bond donors (Lipinski definition) is 0. The Morgan fingerprint density at radius 1 is 1.19 bits per heavy atom. The third-order valence-electron chi connectivity index (χ3n) is 3.85. The van der Waals surface area contributed by atoms with E-state index < -0.39 is 23.7 Å². The Morgan fingerprint density at radius 2 is 1.81 bits per heavy atom. The van der Waals surface area contributed by atoms with Gasteiger partial charge in [-0.05, 0) is 40.0 Å². The Balaban J connectivity index is 1.97. The van der Waals surface area contributed by atoms with Crippen LogP contribution in [0.5, 0.6) is 0 Å². The maximum atomic E-state index is 12.2. The van der Waals surface area contributed by atoms with Crippen LogP contribution in [-0.4, -0.2) is 45.6 Å². The summed E-state index contributed by atoms with van der Waals surface area (Å²) in [7, 11) is 0. The van der Waals surface area contributed by atoms with Gasteiger partial charge >= 0.3 is 6.09 Å². The SMILES string of the molecule is CC(C)(C)OC(=O)N1CC(SC2CCCC2)C[C@H]1C(=O)[O-]. The molecule has 2 aliphatic rings. The molecule has 0 aromatic rings. The molecule has 2 atom stereocenters. The van der Waals surface area contributed by atoms with Crippen molar-refractivity contribution in [2.45, 2.75) is 75.0 Å². The van der Waals surface area contributed by atoms with Gasteiger partial charge in [-0.15, -0.1) is 0 Å². The highest BCUT2D eigenvalue weighted by atomic mass is 32.2. The Hall–Kier alpha value is -0.910. The number of carbonyl (C=O) groups excluding carboxylic acids is 2. The number of carboxylic acid groups (broad SMARTS) is 1. The zero-order chi connectivity index (χ0) is 15.6. The van der Waals surface area contributed by atoms with Gasteiger partial charge in [0, 0.05) is 17.0 Å². The molecule has 1 saturated carbocycles. The molecule has 0 N–H and O–H groups in total. The van der Waals surface area contributed by atoms with Gasteiger partial charge in [-0.25, -0.2) is 4.79 Å². The number of hydrogen-bond acceptors (Lipinski definition) is 5. The van der Waals surface area contributed by atoms with E-state index in [9.17, 15) is 14.7 Å². The van der Waals surface area contributed by atoms with Gasteiger partial charge in [0.1, 0.15) is 5.60 Å². The van der Waals surface area contributed by atoms with Crippen molar-refractivity contribution in [3.63, 3.8) is 0 Å². The highest BCUT2D eigenvalue weighted by Crippen LogP contribution is 2.37. The first-order chi connectivity index (χ1) is 9.76. The third-order valence-corrected chi connectivity index (χ3v) is 5.43. The predicted octanol–water partition coefficient (Wildman–Crippen LogP) is 1.79. The van der Waals surface area contributed by atoms with Crippen molar-refractivity contribution in [1.82, 2.24) is 4.90 Å². The summed E-state index contributed by atoms with van der Waals surface area (Å²) in [5.41, 5.74) is -0.621. The average molecular weight is 314 g/mol. The summed E-state index contributed by atoms with van der Waals surface area (Å²) in [6.07, 6.45) is 4.82. The molecule has 2 fully saturated rings. The molecule has 1 amide bonds. The Morgan fingerprint density at radius 3 is 2.33 bits per heavy atom. The number of ether oxygens (including phenoxy) is 1. The minimum absolute atomic E-state index is 0.170. The smallest absolute Gasteiger partial charge is 0.410 e. The normalized spacial score (nSPS) is 27.1. The fraction of sp³-hybridized carbons (Fsp3) is 0.867. The molecule has 0 radical (unpaired) electrons. The zero-order valence-electron chi connectivity index (χ0n) is 13.0. The number of thioether (sulfide) groups is 1. The number of carboxylic acids is 1. The fourth-order valence-corrected chi connectivity index (χ4v) is 4.63. The third kappa shape index (κ3) is 4.53. The standard InChI is InChI=1S/C15H25NO4S/c1-15(2,3)20-14(19)16-9-11(8-12(16)13(17)18)21-10-6-4-5-7-10/h10-12H,4-9H2,1-3H3,(H,17,18)/p-1/t11?,12-/m0/s1. The highest BCUT2D eigenvalue weighted by molar-refractivity contribution is 8.00. The van der Waals surface area contributed by atoms with E-state index in [-0.39, 0.29) is 5.25 Å². The van der Waals surface area contributed by atoms with Crippen LogP contribution in [0.25, 0.3) is 0 Å². The largest absolute Gasteiger partial charge is 0.548 e. The summed E-state index contributed by atoms with van der Waals surface area (Å²) in [4.78, 5) is 24.8. The van der Waals surface area contributed by atoms with E-state index in [0.717, 1.165) is 0 Å². The van der Waals surface area contributed by atoms with E-state index in [1.807, 2.05) is 11.8 Å². The van der Waals surface area contributed by atoms with Crippen molar-refractivity contribution in [1.29, 1.82) is 0 Å². The van der Waals surface area contributed by atoms with E-state index in [2.05, 4.69) is 0 Å². The summed E-state index contributed by atoms with van der Waals surface area (Å²) in [6, 6.07) is -0.862. The van der Waals surface area contributed by atoms with Crippen molar-refractivity contribution in [3.8, 4) is 0 Å². The number of rotatable bonds is 3. The maximum absolute atomic E-state index is 12.2. The molecule has 1 saturated heterocycles. The van der Waals surface area contributed by atoms with Crippen LogP contribution in [0, 0.1) is 0 Å². The molecule has 1 heterocycles. The molecule has 2 rings (SSSR count). The topological polar surface area (TPSA) is 69.7 Å². The van der Waals surface area contributed by atoms with Gasteiger partial charge in [-0.2, -0.15) is 11.8 Å². The molecule has 6 heteroatoms. The molecule has 0 spiro atoms. The van der Waals surface area contributed by atoms with Crippen molar-refractivity contribution < 1.29 is 19.4 Å².